The second kappa shape index (κ2) is 8.37. The molecule has 1 fully saturated rings. The van der Waals surface area contributed by atoms with Crippen molar-refractivity contribution in [3.05, 3.63) is 40.6 Å². The van der Waals surface area contributed by atoms with Crippen molar-refractivity contribution in [2.24, 2.45) is 7.05 Å². The minimum Gasteiger partial charge on any atom is -0.495 e. The van der Waals surface area contributed by atoms with E-state index >= 15 is 0 Å². The molecule has 2 aromatic rings. The van der Waals surface area contributed by atoms with Gasteiger partial charge >= 0.3 is 5.69 Å². The van der Waals surface area contributed by atoms with E-state index in [2.05, 4.69) is 10.4 Å². The van der Waals surface area contributed by atoms with E-state index in [0.717, 1.165) is 11.1 Å². The summed E-state index contributed by atoms with van der Waals surface area (Å²) in [6.07, 6.45) is 2.59. The number of nitrogens with one attached hydrogen (secondary N) is 1. The summed E-state index contributed by atoms with van der Waals surface area (Å²) in [5.41, 5.74) is 0.0759. The first kappa shape index (κ1) is 21.1. The van der Waals surface area contributed by atoms with Gasteiger partial charge in [-0.15, -0.1) is 0 Å². The van der Waals surface area contributed by atoms with Gasteiger partial charge in [-0.2, -0.15) is 5.10 Å². The highest BCUT2D eigenvalue weighted by Crippen LogP contribution is 2.26. The number of anilines is 1. The first-order chi connectivity index (χ1) is 13.7. The van der Waals surface area contributed by atoms with Crippen LogP contribution in [0.1, 0.15) is 24.6 Å². The highest BCUT2D eigenvalue weighted by molar-refractivity contribution is 7.88. The standard InChI is InChI=1S/C18H25N5O5S/c1-21-17(13-7-6-10-22(11-13)29(3,26)27)20-23(18(21)25)12-16(24)19-14-8-4-5-9-15(14)28-2/h4-5,8-9,13H,6-7,10-12H2,1-3H3,(H,19,24)/t13-/m1/s1. The monoisotopic (exact) mass is 423 g/mol. The van der Waals surface area contributed by atoms with Crippen LogP contribution in [0.2, 0.25) is 0 Å². The molecule has 1 amide bonds. The third-order valence-electron chi connectivity index (χ3n) is 4.97. The predicted octanol–water partition coefficient (Wildman–Crippen LogP) is 0.368. The zero-order valence-corrected chi connectivity index (χ0v) is 17.5. The van der Waals surface area contributed by atoms with Crippen molar-refractivity contribution in [1.29, 1.82) is 0 Å². The van der Waals surface area contributed by atoms with Crippen molar-refractivity contribution in [2.75, 3.05) is 31.8 Å². The molecule has 1 aliphatic rings. The molecule has 1 aromatic heterocycles. The van der Waals surface area contributed by atoms with Crippen LogP contribution in [0, 0.1) is 0 Å². The minimum atomic E-state index is -3.31. The third kappa shape index (κ3) is 4.67. The first-order valence-corrected chi connectivity index (χ1v) is 11.1. The van der Waals surface area contributed by atoms with E-state index in [1.807, 2.05) is 0 Å². The molecule has 3 rings (SSSR count). The molecular weight excluding hydrogens is 398 g/mol. The molecule has 158 valence electrons. The second-order valence-electron chi connectivity index (χ2n) is 7.07. The van der Waals surface area contributed by atoms with E-state index in [-0.39, 0.29) is 19.0 Å². The summed E-state index contributed by atoms with van der Waals surface area (Å²) < 4.78 is 32.8. The van der Waals surface area contributed by atoms with Gasteiger partial charge in [0.2, 0.25) is 15.9 Å². The number of carbonyl (C=O) groups excluding carboxylic acids is 1. The highest BCUT2D eigenvalue weighted by atomic mass is 32.2. The molecule has 1 aliphatic heterocycles. The Bertz CT molecular complexity index is 1060. The number of methoxy groups -OCH3 is 1. The van der Waals surface area contributed by atoms with Gasteiger partial charge in [0.15, 0.2) is 0 Å². The summed E-state index contributed by atoms with van der Waals surface area (Å²) in [6, 6.07) is 6.97. The van der Waals surface area contributed by atoms with Gasteiger partial charge in [0.1, 0.15) is 18.1 Å². The van der Waals surface area contributed by atoms with Gasteiger partial charge < -0.3 is 10.1 Å². The molecule has 0 saturated carbocycles. The SMILES string of the molecule is COc1ccccc1NC(=O)Cn1nc([C@@H]2CCCN(S(C)(=O)=O)C2)n(C)c1=O. The Labute approximate surface area is 169 Å². The number of piperidine rings is 1. The van der Waals surface area contributed by atoms with Gasteiger partial charge in [-0.1, -0.05) is 12.1 Å². The van der Waals surface area contributed by atoms with Crippen LogP contribution in [0.25, 0.3) is 0 Å². The molecule has 0 aliphatic carbocycles. The molecule has 2 heterocycles. The number of hydrogen-bond acceptors (Lipinski definition) is 6. The lowest BCUT2D eigenvalue weighted by Gasteiger charge is -2.30. The Kier molecular flexibility index (Phi) is 6.08. The molecule has 0 radical (unpaired) electrons. The van der Waals surface area contributed by atoms with Crippen molar-refractivity contribution in [1.82, 2.24) is 18.7 Å². The van der Waals surface area contributed by atoms with E-state index in [0.29, 0.717) is 30.2 Å². The summed E-state index contributed by atoms with van der Waals surface area (Å²) in [5, 5.41) is 7.04. The number of para-hydroxylation sites is 2. The molecule has 29 heavy (non-hydrogen) atoms. The second-order valence-corrected chi connectivity index (χ2v) is 9.05. The number of sulfonamides is 1. The van der Waals surface area contributed by atoms with E-state index in [9.17, 15) is 18.0 Å². The van der Waals surface area contributed by atoms with E-state index < -0.39 is 21.6 Å². The smallest absolute Gasteiger partial charge is 0.346 e. The Morgan fingerprint density at radius 2 is 2.07 bits per heavy atom. The number of rotatable bonds is 6. The number of ether oxygens (including phenoxy) is 1. The van der Waals surface area contributed by atoms with Crippen LogP contribution in [0.5, 0.6) is 5.75 Å². The highest BCUT2D eigenvalue weighted by Gasteiger charge is 2.30. The van der Waals surface area contributed by atoms with Gasteiger partial charge in [0, 0.05) is 26.1 Å². The summed E-state index contributed by atoms with van der Waals surface area (Å²) in [4.78, 5) is 25.0. The molecule has 1 aromatic carbocycles. The van der Waals surface area contributed by atoms with E-state index in [1.165, 1.54) is 22.2 Å². The topological polar surface area (TPSA) is 116 Å². The molecule has 0 bridgehead atoms. The summed E-state index contributed by atoms with van der Waals surface area (Å²) >= 11 is 0. The molecular formula is C18H25N5O5S. The van der Waals surface area contributed by atoms with Crippen molar-refractivity contribution in [3.63, 3.8) is 0 Å². The van der Waals surface area contributed by atoms with Crippen molar-refractivity contribution >= 4 is 21.6 Å². The number of benzene rings is 1. The van der Waals surface area contributed by atoms with Crippen LogP contribution in [-0.2, 0) is 28.4 Å². The lowest BCUT2D eigenvalue weighted by molar-refractivity contribution is -0.117. The lowest BCUT2D eigenvalue weighted by atomic mass is 9.99. The van der Waals surface area contributed by atoms with Crippen LogP contribution >= 0.6 is 0 Å². The molecule has 10 nitrogen and oxygen atoms in total. The average Bonchev–Trinajstić information content (AvgIpc) is 2.96. The molecule has 1 saturated heterocycles. The number of carbonyl (C=O) groups is 1. The van der Waals surface area contributed by atoms with Gasteiger partial charge in [-0.3, -0.25) is 9.36 Å². The van der Waals surface area contributed by atoms with Crippen molar-refractivity contribution in [3.8, 4) is 5.75 Å². The molecule has 0 unspecified atom stereocenters. The lowest BCUT2D eigenvalue weighted by Crippen LogP contribution is -2.39. The molecule has 1 atom stereocenters. The maximum absolute atomic E-state index is 12.5. The summed E-state index contributed by atoms with van der Waals surface area (Å²) in [6.45, 7) is 0.481. The zero-order chi connectivity index (χ0) is 21.2. The fourth-order valence-corrected chi connectivity index (χ4v) is 4.40. The quantitative estimate of drug-likeness (QED) is 0.718. The van der Waals surface area contributed by atoms with Crippen LogP contribution in [0.3, 0.4) is 0 Å². The zero-order valence-electron chi connectivity index (χ0n) is 16.7. The first-order valence-electron chi connectivity index (χ1n) is 9.22. The fraction of sp³-hybridized carbons (Fsp3) is 0.500. The molecule has 0 spiro atoms. The van der Waals surface area contributed by atoms with Crippen LogP contribution in [-0.4, -0.2) is 59.4 Å². The Hall–Kier alpha value is -2.66. The van der Waals surface area contributed by atoms with Crippen LogP contribution in [0.15, 0.2) is 29.1 Å². The van der Waals surface area contributed by atoms with Gasteiger partial charge in [0.25, 0.3) is 0 Å². The molecule has 11 heteroatoms. The van der Waals surface area contributed by atoms with Crippen LogP contribution < -0.4 is 15.7 Å². The Morgan fingerprint density at radius 3 is 2.76 bits per heavy atom. The largest absolute Gasteiger partial charge is 0.495 e. The summed E-state index contributed by atoms with van der Waals surface area (Å²) in [7, 11) is -0.221. The van der Waals surface area contributed by atoms with E-state index in [4.69, 9.17) is 4.74 Å². The number of hydrogen-bond donors (Lipinski definition) is 1. The average molecular weight is 423 g/mol. The minimum absolute atomic E-state index is 0.199. The maximum atomic E-state index is 12.5. The van der Waals surface area contributed by atoms with Crippen molar-refractivity contribution in [2.45, 2.75) is 25.3 Å². The van der Waals surface area contributed by atoms with Crippen molar-refractivity contribution < 1.29 is 17.9 Å². The van der Waals surface area contributed by atoms with Gasteiger partial charge in [-0.05, 0) is 25.0 Å². The predicted molar refractivity (Wildman–Crippen MR) is 107 cm³/mol. The van der Waals surface area contributed by atoms with Crippen LogP contribution in [0.4, 0.5) is 5.69 Å². The number of nitrogens with zero attached hydrogens (tertiary/aromatic N) is 4. The Morgan fingerprint density at radius 1 is 1.34 bits per heavy atom. The maximum Gasteiger partial charge on any atom is 0.346 e. The van der Waals surface area contributed by atoms with Gasteiger partial charge in [-0.25, -0.2) is 22.2 Å². The number of aromatic nitrogens is 3. The number of amides is 1. The fourth-order valence-electron chi connectivity index (χ4n) is 3.49. The third-order valence-corrected chi connectivity index (χ3v) is 6.24. The molecule has 1 N–H and O–H groups in total. The van der Waals surface area contributed by atoms with E-state index in [1.54, 1.807) is 31.3 Å². The normalized spacial score (nSPS) is 17.8. The summed E-state index contributed by atoms with van der Waals surface area (Å²) in [5.74, 6) is 0.379. The Balaban J connectivity index is 1.77. The van der Waals surface area contributed by atoms with Gasteiger partial charge in [0.05, 0.1) is 19.1 Å².